The summed E-state index contributed by atoms with van der Waals surface area (Å²) in [7, 11) is 0. The minimum absolute atomic E-state index is 0.697. The smallest absolute Gasteiger partial charge is 0.160 e. The molecule has 0 aliphatic heterocycles. The summed E-state index contributed by atoms with van der Waals surface area (Å²) in [5.41, 5.74) is 14.2. The zero-order valence-electron chi connectivity index (χ0n) is 37.3. The molecular weight excluding hydrogens is 839 g/mol. The van der Waals surface area contributed by atoms with Crippen LogP contribution in [0.15, 0.2) is 237 Å². The summed E-state index contributed by atoms with van der Waals surface area (Å²) in [5, 5.41) is 13.0. The van der Waals surface area contributed by atoms with E-state index in [9.17, 15) is 0 Å². The molecule has 4 aromatic heterocycles. The van der Waals surface area contributed by atoms with Crippen LogP contribution in [0.2, 0.25) is 0 Å². The summed E-state index contributed by atoms with van der Waals surface area (Å²) in [6.07, 6.45) is 0. The highest BCUT2D eigenvalue weighted by atomic mass is 15.0. The maximum Gasteiger partial charge on any atom is 0.160 e. The highest BCUT2D eigenvalue weighted by Crippen LogP contribution is 2.41. The van der Waals surface area contributed by atoms with Gasteiger partial charge in [-0.3, -0.25) is 0 Å². The molecule has 0 atom stereocenters. The molecule has 0 fully saturated rings. The molecule has 69 heavy (non-hydrogen) atoms. The van der Waals surface area contributed by atoms with Crippen molar-refractivity contribution >= 4 is 97.9 Å². The van der Waals surface area contributed by atoms with E-state index in [2.05, 4.69) is 250 Å². The number of para-hydroxylation sites is 4. The average Bonchev–Trinajstić information content (AvgIpc) is 4.06. The van der Waals surface area contributed by atoms with Gasteiger partial charge in [-0.15, -0.1) is 0 Å². The predicted molar refractivity (Wildman–Crippen MR) is 288 cm³/mol. The van der Waals surface area contributed by atoms with Crippen molar-refractivity contribution in [3.63, 3.8) is 0 Å². The predicted octanol–water partition coefficient (Wildman–Crippen LogP) is 16.6. The molecule has 11 aromatic carbocycles. The van der Waals surface area contributed by atoms with Crippen molar-refractivity contribution in [1.82, 2.24) is 23.7 Å². The first kappa shape index (κ1) is 37.9. The minimum Gasteiger partial charge on any atom is -0.309 e. The Morgan fingerprint density at radius 2 is 0.667 bits per heavy atom. The molecule has 0 unspecified atom stereocenters. The molecule has 0 aliphatic rings. The summed E-state index contributed by atoms with van der Waals surface area (Å²) in [5.74, 6) is 0.697. The number of nitrogens with zero attached hydrogens (tertiary/aromatic N) is 5. The second kappa shape index (κ2) is 14.6. The van der Waals surface area contributed by atoms with Crippen molar-refractivity contribution in [2.45, 2.75) is 0 Å². The monoisotopic (exact) mass is 877 g/mol. The largest absolute Gasteiger partial charge is 0.309 e. The SMILES string of the molecule is c1ccc2cc(-c3nc(-c4ccc(-n5c6ccc(-n7c8ccccc8c8ccccc87)cc6c6cc(-n7c8ccccc8c8ccccc87)ccc65)cc4)nc4c3ccc3ccccc34)ccc2c1. The van der Waals surface area contributed by atoms with Gasteiger partial charge in [0.15, 0.2) is 5.82 Å². The van der Waals surface area contributed by atoms with Gasteiger partial charge in [0.2, 0.25) is 0 Å². The van der Waals surface area contributed by atoms with E-state index in [0.717, 1.165) is 66.6 Å². The van der Waals surface area contributed by atoms with Crippen LogP contribution in [-0.2, 0) is 0 Å². The zero-order valence-corrected chi connectivity index (χ0v) is 37.3. The van der Waals surface area contributed by atoms with Gasteiger partial charge in [0.25, 0.3) is 0 Å². The fraction of sp³-hybridized carbons (Fsp3) is 0. The van der Waals surface area contributed by atoms with Crippen LogP contribution in [0.1, 0.15) is 0 Å². The number of hydrogen-bond donors (Lipinski definition) is 0. The molecule has 4 heterocycles. The Morgan fingerprint density at radius 3 is 1.23 bits per heavy atom. The van der Waals surface area contributed by atoms with E-state index < -0.39 is 0 Å². The third-order valence-electron chi connectivity index (χ3n) is 14.4. The van der Waals surface area contributed by atoms with Crippen LogP contribution < -0.4 is 0 Å². The Bertz CT molecular complexity index is 4330. The van der Waals surface area contributed by atoms with Gasteiger partial charge in [-0.1, -0.05) is 140 Å². The summed E-state index contributed by atoms with van der Waals surface area (Å²) in [4.78, 5) is 10.7. The molecule has 0 saturated carbocycles. The first-order chi connectivity index (χ1) is 34.2. The fourth-order valence-corrected chi connectivity index (χ4v) is 11.3. The number of benzene rings is 11. The van der Waals surface area contributed by atoms with Gasteiger partial charge >= 0.3 is 0 Å². The number of aromatic nitrogens is 5. The summed E-state index contributed by atoms with van der Waals surface area (Å²) < 4.78 is 7.24. The Balaban J connectivity index is 0.939. The fourth-order valence-electron chi connectivity index (χ4n) is 11.3. The highest BCUT2D eigenvalue weighted by molar-refractivity contribution is 6.15. The van der Waals surface area contributed by atoms with Crippen LogP contribution in [0.3, 0.4) is 0 Å². The van der Waals surface area contributed by atoms with E-state index in [1.54, 1.807) is 0 Å². The number of rotatable bonds is 5. The Hall–Kier alpha value is -9.32. The lowest BCUT2D eigenvalue weighted by Crippen LogP contribution is -1.98. The van der Waals surface area contributed by atoms with Gasteiger partial charge in [-0.2, -0.15) is 0 Å². The van der Waals surface area contributed by atoms with Gasteiger partial charge in [0.05, 0.1) is 44.3 Å². The van der Waals surface area contributed by atoms with E-state index in [0.29, 0.717) is 5.82 Å². The van der Waals surface area contributed by atoms with Crippen molar-refractivity contribution < 1.29 is 0 Å². The van der Waals surface area contributed by atoms with Crippen molar-refractivity contribution in [1.29, 1.82) is 0 Å². The van der Waals surface area contributed by atoms with Crippen LogP contribution in [-0.4, -0.2) is 23.7 Å². The molecule has 5 heteroatoms. The number of hydrogen-bond acceptors (Lipinski definition) is 2. The summed E-state index contributed by atoms with van der Waals surface area (Å²) >= 11 is 0. The van der Waals surface area contributed by atoms with Crippen LogP contribution >= 0.6 is 0 Å². The van der Waals surface area contributed by atoms with Crippen molar-refractivity contribution in [2.24, 2.45) is 0 Å². The van der Waals surface area contributed by atoms with Gasteiger partial charge in [-0.05, 0) is 113 Å². The molecule has 0 saturated heterocycles. The second-order valence-corrected chi connectivity index (χ2v) is 18.2. The van der Waals surface area contributed by atoms with E-state index in [1.807, 2.05) is 0 Å². The van der Waals surface area contributed by atoms with Crippen molar-refractivity contribution in [3.05, 3.63) is 237 Å². The van der Waals surface area contributed by atoms with E-state index in [1.165, 1.54) is 65.2 Å². The first-order valence-electron chi connectivity index (χ1n) is 23.6. The maximum atomic E-state index is 5.38. The van der Waals surface area contributed by atoms with Crippen molar-refractivity contribution in [2.75, 3.05) is 0 Å². The third kappa shape index (κ3) is 5.65. The molecule has 0 N–H and O–H groups in total. The maximum absolute atomic E-state index is 5.38. The van der Waals surface area contributed by atoms with E-state index in [4.69, 9.17) is 9.97 Å². The van der Waals surface area contributed by atoms with E-state index in [-0.39, 0.29) is 0 Å². The lowest BCUT2D eigenvalue weighted by molar-refractivity contribution is 1.16. The number of fused-ring (bicyclic) bond motifs is 13. The molecule has 5 nitrogen and oxygen atoms in total. The van der Waals surface area contributed by atoms with Crippen LogP contribution in [0.5, 0.6) is 0 Å². The Kier molecular flexibility index (Phi) is 8.00. The molecule has 0 bridgehead atoms. The van der Waals surface area contributed by atoms with Gasteiger partial charge in [0.1, 0.15) is 0 Å². The molecule has 0 radical (unpaired) electrons. The summed E-state index contributed by atoms with van der Waals surface area (Å²) in [6, 6.07) is 85.7. The Morgan fingerprint density at radius 1 is 0.246 bits per heavy atom. The van der Waals surface area contributed by atoms with Gasteiger partial charge < -0.3 is 13.7 Å². The zero-order chi connectivity index (χ0) is 45.2. The molecule has 0 spiro atoms. The second-order valence-electron chi connectivity index (χ2n) is 18.2. The normalized spacial score (nSPS) is 12.1. The molecule has 0 amide bonds. The minimum atomic E-state index is 0.697. The lowest BCUT2D eigenvalue weighted by atomic mass is 9.99. The molecule has 0 aliphatic carbocycles. The van der Waals surface area contributed by atoms with Crippen LogP contribution in [0.4, 0.5) is 0 Å². The Labute approximate surface area is 396 Å². The van der Waals surface area contributed by atoms with Gasteiger partial charge in [-0.25, -0.2) is 9.97 Å². The molecule has 15 rings (SSSR count). The molecule has 15 aromatic rings. The summed E-state index contributed by atoms with van der Waals surface area (Å²) in [6.45, 7) is 0. The standard InChI is InChI=1S/C64H39N5/c1-2-15-43-37-44(26-25-40(43)13-1)62-53-34-29-41-14-3-4-16-48(41)63(53)66-64(65-62)42-27-30-45(31-28-42)67-60-35-32-46(68-56-21-9-5-17-49(56)50-18-6-10-22-57(50)68)38-54(60)55-39-47(33-36-61(55)67)69-58-23-11-7-19-51(58)52-20-8-12-24-59(52)69/h1-39H. The average molecular weight is 878 g/mol. The van der Waals surface area contributed by atoms with E-state index >= 15 is 0 Å². The van der Waals surface area contributed by atoms with Crippen molar-refractivity contribution in [3.8, 4) is 39.7 Å². The molecular formula is C64H39N5. The third-order valence-corrected chi connectivity index (χ3v) is 14.4. The molecule has 320 valence electrons. The van der Waals surface area contributed by atoms with Gasteiger partial charge in [0, 0.05) is 71.3 Å². The lowest BCUT2D eigenvalue weighted by Gasteiger charge is -2.13. The first-order valence-corrected chi connectivity index (χ1v) is 23.6. The topological polar surface area (TPSA) is 40.6 Å². The highest BCUT2D eigenvalue weighted by Gasteiger charge is 2.20. The quantitative estimate of drug-likeness (QED) is 0.162. The van der Waals surface area contributed by atoms with Crippen LogP contribution in [0, 0.1) is 0 Å². The van der Waals surface area contributed by atoms with Crippen LogP contribution in [0.25, 0.3) is 138 Å².